The van der Waals surface area contributed by atoms with Crippen molar-refractivity contribution in [2.24, 2.45) is 0 Å². The highest BCUT2D eigenvalue weighted by Crippen LogP contribution is 2.21. The first-order chi connectivity index (χ1) is 11.6. The van der Waals surface area contributed by atoms with Crippen LogP contribution in [0.3, 0.4) is 0 Å². The molecule has 0 aliphatic rings. The average molecular weight is 359 g/mol. The summed E-state index contributed by atoms with van der Waals surface area (Å²) in [6, 6.07) is 4.53. The van der Waals surface area contributed by atoms with Gasteiger partial charge in [0, 0.05) is 6.54 Å². The van der Waals surface area contributed by atoms with Crippen molar-refractivity contribution in [1.29, 1.82) is 0 Å². The number of halogens is 3. The number of benzene rings is 1. The summed E-state index contributed by atoms with van der Waals surface area (Å²) >= 11 is 0. The first-order valence-corrected chi connectivity index (χ1v) is 7.41. The van der Waals surface area contributed by atoms with E-state index >= 15 is 0 Å². The molecule has 1 aromatic heterocycles. The molecule has 136 valence electrons. The van der Waals surface area contributed by atoms with Crippen LogP contribution in [0.1, 0.15) is 13.3 Å². The van der Waals surface area contributed by atoms with Gasteiger partial charge in [0.25, 0.3) is 0 Å². The number of carbonyl (C=O) groups excluding carboxylic acids is 1. The zero-order chi connectivity index (χ0) is 18.8. The quantitative estimate of drug-likeness (QED) is 0.814. The van der Waals surface area contributed by atoms with Gasteiger partial charge >= 0.3 is 17.8 Å². The predicted octanol–water partition coefficient (Wildman–Crippen LogP) is 1.34. The van der Waals surface area contributed by atoms with Gasteiger partial charge < -0.3 is 10.4 Å². The van der Waals surface area contributed by atoms with Crippen molar-refractivity contribution in [3.8, 4) is 0 Å². The number of nitrogens with zero attached hydrogens (tertiary/aromatic N) is 2. The van der Waals surface area contributed by atoms with Gasteiger partial charge in [-0.3, -0.25) is 13.9 Å². The zero-order valence-electron chi connectivity index (χ0n) is 13.2. The lowest BCUT2D eigenvalue weighted by atomic mass is 10.2. The van der Waals surface area contributed by atoms with Gasteiger partial charge in [0.2, 0.25) is 5.91 Å². The minimum absolute atomic E-state index is 0.347. The molecule has 1 heterocycles. The van der Waals surface area contributed by atoms with Crippen molar-refractivity contribution in [2.45, 2.75) is 38.7 Å². The summed E-state index contributed by atoms with van der Waals surface area (Å²) in [4.78, 5) is 35.3. The normalized spacial score (nSPS) is 13.0. The molecule has 1 unspecified atom stereocenters. The maximum absolute atomic E-state index is 12.4. The maximum atomic E-state index is 12.4. The van der Waals surface area contributed by atoms with Crippen LogP contribution in [0.4, 0.5) is 13.2 Å². The Labute approximate surface area is 139 Å². The fraction of sp³-hybridized carbons (Fsp3) is 0.400. The number of nitrogens with one attached hydrogen (secondary N) is 1. The van der Waals surface area contributed by atoms with E-state index in [4.69, 9.17) is 5.11 Å². The molecule has 2 aromatic rings. The summed E-state index contributed by atoms with van der Waals surface area (Å²) in [5, 5.41) is 10.6. The van der Waals surface area contributed by atoms with Crippen molar-refractivity contribution in [2.75, 3.05) is 0 Å². The average Bonchev–Trinajstić information content (AvgIpc) is 2.77. The smallest absolute Gasteiger partial charge is 0.391 e. The fourth-order valence-electron chi connectivity index (χ4n) is 2.55. The molecule has 0 saturated carbocycles. The van der Waals surface area contributed by atoms with Gasteiger partial charge in [-0.15, -0.1) is 0 Å². The lowest BCUT2D eigenvalue weighted by Crippen LogP contribution is -2.45. The molecule has 0 aliphatic heterocycles. The zero-order valence-corrected chi connectivity index (χ0v) is 13.2. The molecule has 1 amide bonds. The van der Waals surface area contributed by atoms with Crippen LogP contribution in [0.2, 0.25) is 0 Å². The Morgan fingerprint density at radius 1 is 1.20 bits per heavy atom. The third-order valence-electron chi connectivity index (χ3n) is 3.61. The van der Waals surface area contributed by atoms with Gasteiger partial charge in [-0.1, -0.05) is 12.1 Å². The Kier molecular flexibility index (Phi) is 5.19. The number of aryl methyl sites for hydroxylation is 1. The largest absolute Gasteiger partial charge is 0.480 e. The fourth-order valence-corrected chi connectivity index (χ4v) is 2.55. The van der Waals surface area contributed by atoms with Crippen LogP contribution in [0.5, 0.6) is 0 Å². The number of imidazole rings is 1. The highest BCUT2D eigenvalue weighted by Gasteiger charge is 2.36. The number of aliphatic carboxylic acids is 1. The van der Waals surface area contributed by atoms with Crippen molar-refractivity contribution in [3.63, 3.8) is 0 Å². The Bertz CT molecular complexity index is 854. The number of amides is 1. The molecule has 10 heteroatoms. The molecule has 0 fully saturated rings. The summed E-state index contributed by atoms with van der Waals surface area (Å²) in [6.45, 7) is 1.51. The Hall–Kier alpha value is -2.78. The summed E-state index contributed by atoms with van der Waals surface area (Å²) in [5.41, 5.74) is 0.515. The molecular formula is C15H16F3N3O4. The Morgan fingerprint density at radius 3 is 2.24 bits per heavy atom. The molecular weight excluding hydrogens is 343 g/mol. The molecule has 2 rings (SSSR count). The molecule has 7 nitrogen and oxygen atoms in total. The molecule has 25 heavy (non-hydrogen) atoms. The van der Waals surface area contributed by atoms with E-state index in [1.165, 1.54) is 4.57 Å². The standard InChI is InChI=1S/C15H16F3N3O4/c1-2-20-10-5-3-4-6-11(10)21(14(20)25)8-12(22)19-9(13(23)24)7-15(16,17)18/h3-6,9H,2,7-8H2,1H3,(H,19,22)(H,23,24). The van der Waals surface area contributed by atoms with Gasteiger partial charge in [0.15, 0.2) is 0 Å². The van der Waals surface area contributed by atoms with Crippen LogP contribution < -0.4 is 11.0 Å². The monoisotopic (exact) mass is 359 g/mol. The van der Waals surface area contributed by atoms with E-state index in [-0.39, 0.29) is 0 Å². The van der Waals surface area contributed by atoms with Crippen molar-refractivity contribution in [1.82, 2.24) is 14.5 Å². The molecule has 0 radical (unpaired) electrons. The summed E-state index contributed by atoms with van der Waals surface area (Å²) in [5.74, 6) is -2.79. The highest BCUT2D eigenvalue weighted by atomic mass is 19.4. The van der Waals surface area contributed by atoms with E-state index in [0.717, 1.165) is 4.57 Å². The molecule has 0 bridgehead atoms. The minimum Gasteiger partial charge on any atom is -0.480 e. The number of alkyl halides is 3. The number of hydrogen-bond acceptors (Lipinski definition) is 3. The van der Waals surface area contributed by atoms with Crippen LogP contribution in [0.25, 0.3) is 11.0 Å². The number of aromatic nitrogens is 2. The number of hydrogen-bond donors (Lipinski definition) is 2. The maximum Gasteiger partial charge on any atom is 0.391 e. The van der Waals surface area contributed by atoms with Crippen LogP contribution in [-0.4, -0.2) is 38.3 Å². The lowest BCUT2D eigenvalue weighted by Gasteiger charge is -2.16. The third kappa shape index (κ3) is 4.20. The number of carbonyl (C=O) groups is 2. The summed E-state index contributed by atoms with van der Waals surface area (Å²) in [7, 11) is 0. The van der Waals surface area contributed by atoms with Gasteiger partial charge in [-0.2, -0.15) is 13.2 Å². The van der Waals surface area contributed by atoms with Gasteiger partial charge in [-0.05, 0) is 19.1 Å². The number of rotatable bonds is 6. The van der Waals surface area contributed by atoms with E-state index in [1.807, 2.05) is 5.32 Å². The number of fused-ring (bicyclic) bond motifs is 1. The molecule has 0 saturated heterocycles. The van der Waals surface area contributed by atoms with Gasteiger partial charge in [-0.25, -0.2) is 9.59 Å². The van der Waals surface area contributed by atoms with E-state index in [1.54, 1.807) is 31.2 Å². The first kappa shape index (κ1) is 18.6. The van der Waals surface area contributed by atoms with E-state index in [2.05, 4.69) is 0 Å². The second kappa shape index (κ2) is 6.99. The van der Waals surface area contributed by atoms with E-state index in [0.29, 0.717) is 17.6 Å². The highest BCUT2D eigenvalue weighted by molar-refractivity contribution is 5.85. The van der Waals surface area contributed by atoms with Gasteiger partial charge in [0.1, 0.15) is 12.6 Å². The molecule has 0 spiro atoms. The third-order valence-corrected chi connectivity index (χ3v) is 3.61. The van der Waals surface area contributed by atoms with Crippen molar-refractivity contribution < 1.29 is 27.9 Å². The number of para-hydroxylation sites is 2. The molecule has 0 aliphatic carbocycles. The summed E-state index contributed by atoms with van der Waals surface area (Å²) < 4.78 is 39.7. The van der Waals surface area contributed by atoms with Crippen molar-refractivity contribution in [3.05, 3.63) is 34.7 Å². The Morgan fingerprint density at radius 2 is 1.76 bits per heavy atom. The van der Waals surface area contributed by atoms with E-state index < -0.39 is 42.7 Å². The van der Waals surface area contributed by atoms with Crippen molar-refractivity contribution >= 4 is 22.9 Å². The van der Waals surface area contributed by atoms with Crippen LogP contribution >= 0.6 is 0 Å². The topological polar surface area (TPSA) is 93.3 Å². The molecule has 1 aromatic carbocycles. The second-order valence-electron chi connectivity index (χ2n) is 5.38. The van der Waals surface area contributed by atoms with Crippen LogP contribution in [-0.2, 0) is 22.7 Å². The Balaban J connectivity index is 2.26. The second-order valence-corrected chi connectivity index (χ2v) is 5.38. The van der Waals surface area contributed by atoms with Crippen LogP contribution in [0.15, 0.2) is 29.1 Å². The molecule has 1 atom stereocenters. The molecule has 2 N–H and O–H groups in total. The SMILES string of the molecule is CCn1c(=O)n(CC(=O)NC(CC(F)(F)F)C(=O)O)c2ccccc21. The minimum atomic E-state index is -4.74. The van der Waals surface area contributed by atoms with Gasteiger partial charge in [0.05, 0.1) is 17.5 Å². The summed E-state index contributed by atoms with van der Waals surface area (Å²) in [6.07, 6.45) is -6.44. The first-order valence-electron chi connectivity index (χ1n) is 7.41. The lowest BCUT2D eigenvalue weighted by molar-refractivity contribution is -0.160. The predicted molar refractivity (Wildman–Crippen MR) is 82.1 cm³/mol. The van der Waals surface area contributed by atoms with E-state index in [9.17, 15) is 27.6 Å². The van der Waals surface area contributed by atoms with Crippen LogP contribution in [0, 0.1) is 0 Å². The number of carboxylic acids is 1. The number of carboxylic acid groups (broad SMARTS) is 1.